The minimum absolute atomic E-state index is 0.0233. The van der Waals surface area contributed by atoms with Crippen LogP contribution in [0.2, 0.25) is 5.02 Å². The Morgan fingerprint density at radius 3 is 2.42 bits per heavy atom. The molecule has 156 valence electrons. The summed E-state index contributed by atoms with van der Waals surface area (Å²) in [6.45, 7) is 0. The summed E-state index contributed by atoms with van der Waals surface area (Å²) >= 11 is 9.34. The molecule has 1 amide bonds. The van der Waals surface area contributed by atoms with Crippen LogP contribution in [0.1, 0.15) is 5.56 Å². The molecule has 31 heavy (non-hydrogen) atoms. The second-order valence-corrected chi connectivity index (χ2v) is 9.01. The number of benzene rings is 3. The Kier molecular flexibility index (Phi) is 7.13. The lowest BCUT2D eigenvalue weighted by atomic mass is 10.1. The summed E-state index contributed by atoms with van der Waals surface area (Å²) in [5, 5.41) is 12.4. The van der Waals surface area contributed by atoms with Gasteiger partial charge in [-0.25, -0.2) is 0 Å². The van der Waals surface area contributed by atoms with Gasteiger partial charge in [0, 0.05) is 10.0 Å². The van der Waals surface area contributed by atoms with Crippen molar-refractivity contribution < 1.29 is 17.4 Å². The van der Waals surface area contributed by atoms with E-state index in [0.717, 1.165) is 0 Å². The van der Waals surface area contributed by atoms with Crippen LogP contribution >= 0.6 is 27.5 Å². The number of hydrogen-bond acceptors (Lipinski definition) is 5. The lowest BCUT2D eigenvalue weighted by Crippen LogP contribution is -2.14. The molecular formula is C22H14BrClN2O4S. The Bertz CT molecular complexity index is 1300. The van der Waals surface area contributed by atoms with Crippen molar-refractivity contribution in [1.29, 1.82) is 5.26 Å². The molecule has 0 saturated heterocycles. The topological polar surface area (TPSA) is 96.3 Å². The Labute approximate surface area is 193 Å². The first-order valence-corrected chi connectivity index (χ1v) is 11.3. The van der Waals surface area contributed by atoms with E-state index in [4.69, 9.17) is 15.8 Å². The first-order chi connectivity index (χ1) is 14.8. The maximum absolute atomic E-state index is 12.6. The van der Waals surface area contributed by atoms with Crippen molar-refractivity contribution in [2.45, 2.75) is 4.90 Å². The normalized spacial score (nSPS) is 11.5. The zero-order valence-electron chi connectivity index (χ0n) is 15.7. The molecule has 9 heteroatoms. The largest absolute Gasteiger partial charge is 0.378 e. The lowest BCUT2D eigenvalue weighted by Gasteiger charge is -2.11. The van der Waals surface area contributed by atoms with Gasteiger partial charge in [-0.05, 0) is 48.5 Å². The Balaban J connectivity index is 1.95. The Hall–Kier alpha value is -3.12. The fourth-order valence-electron chi connectivity index (χ4n) is 2.52. The molecule has 0 aliphatic rings. The van der Waals surface area contributed by atoms with Gasteiger partial charge in [-0.15, -0.1) is 0 Å². The van der Waals surface area contributed by atoms with Crippen LogP contribution in [-0.2, 0) is 14.9 Å². The van der Waals surface area contributed by atoms with Crippen molar-refractivity contribution in [3.63, 3.8) is 0 Å². The highest BCUT2D eigenvalue weighted by Gasteiger charge is 2.19. The number of hydrogen-bond donors (Lipinski definition) is 1. The van der Waals surface area contributed by atoms with Crippen LogP contribution in [0.25, 0.3) is 6.08 Å². The summed E-state index contributed by atoms with van der Waals surface area (Å²) in [6.07, 6.45) is 1.24. The predicted molar refractivity (Wildman–Crippen MR) is 122 cm³/mol. The van der Waals surface area contributed by atoms with Crippen LogP contribution in [0.15, 0.2) is 87.7 Å². The van der Waals surface area contributed by atoms with Crippen LogP contribution in [-0.4, -0.2) is 14.3 Å². The molecule has 0 bridgehead atoms. The maximum Gasteiger partial charge on any atom is 0.339 e. The summed E-state index contributed by atoms with van der Waals surface area (Å²) in [7, 11) is -4.11. The fourth-order valence-corrected chi connectivity index (χ4v) is 4.05. The van der Waals surface area contributed by atoms with Crippen molar-refractivity contribution in [2.24, 2.45) is 0 Å². The second kappa shape index (κ2) is 9.79. The monoisotopic (exact) mass is 516 g/mol. The average Bonchev–Trinajstić information content (AvgIpc) is 2.75. The number of halogens is 2. The van der Waals surface area contributed by atoms with Gasteiger partial charge in [0.05, 0.1) is 10.7 Å². The zero-order valence-corrected chi connectivity index (χ0v) is 18.9. The van der Waals surface area contributed by atoms with E-state index in [2.05, 4.69) is 21.2 Å². The van der Waals surface area contributed by atoms with Gasteiger partial charge in [0.2, 0.25) is 0 Å². The number of amides is 1. The average molecular weight is 518 g/mol. The molecule has 0 unspecified atom stereocenters. The van der Waals surface area contributed by atoms with Gasteiger partial charge in [-0.1, -0.05) is 57.9 Å². The third-order valence-corrected chi connectivity index (χ3v) is 6.06. The van der Waals surface area contributed by atoms with Crippen molar-refractivity contribution in [3.05, 3.63) is 93.4 Å². The van der Waals surface area contributed by atoms with Gasteiger partial charge in [-0.3, -0.25) is 4.79 Å². The molecule has 3 aromatic carbocycles. The number of nitriles is 1. The van der Waals surface area contributed by atoms with E-state index in [0.29, 0.717) is 15.2 Å². The van der Waals surface area contributed by atoms with Crippen molar-refractivity contribution in [1.82, 2.24) is 0 Å². The van der Waals surface area contributed by atoms with Crippen molar-refractivity contribution in [2.75, 3.05) is 5.32 Å². The second-order valence-electron chi connectivity index (χ2n) is 6.14. The molecule has 0 fully saturated rings. The number of carbonyl (C=O) groups is 1. The number of nitrogens with one attached hydrogen (secondary N) is 1. The first-order valence-electron chi connectivity index (χ1n) is 8.77. The maximum atomic E-state index is 12.6. The smallest absolute Gasteiger partial charge is 0.339 e. The minimum Gasteiger partial charge on any atom is -0.378 e. The first kappa shape index (κ1) is 22.6. The fraction of sp³-hybridized carbons (Fsp3) is 0. The molecule has 6 nitrogen and oxygen atoms in total. The van der Waals surface area contributed by atoms with Gasteiger partial charge >= 0.3 is 10.1 Å². The predicted octanol–water partition coefficient (Wildman–Crippen LogP) is 5.42. The van der Waals surface area contributed by atoms with Crippen LogP contribution in [0.4, 0.5) is 5.69 Å². The van der Waals surface area contributed by atoms with Gasteiger partial charge in [0.1, 0.15) is 22.3 Å². The van der Waals surface area contributed by atoms with E-state index in [1.165, 1.54) is 30.3 Å². The molecule has 0 saturated carbocycles. The van der Waals surface area contributed by atoms with Crippen LogP contribution in [0.5, 0.6) is 5.75 Å². The number of para-hydroxylation sites is 1. The van der Waals surface area contributed by atoms with E-state index in [-0.39, 0.29) is 21.8 Å². The van der Waals surface area contributed by atoms with Crippen molar-refractivity contribution in [3.8, 4) is 11.8 Å². The van der Waals surface area contributed by atoms with Crippen molar-refractivity contribution >= 4 is 55.3 Å². The molecule has 3 rings (SSSR count). The summed E-state index contributed by atoms with van der Waals surface area (Å²) in [6, 6.07) is 20.6. The summed E-state index contributed by atoms with van der Waals surface area (Å²) in [4.78, 5) is 12.5. The van der Waals surface area contributed by atoms with E-state index in [1.54, 1.807) is 48.5 Å². The Morgan fingerprint density at radius 1 is 1.06 bits per heavy atom. The zero-order chi connectivity index (χ0) is 22.4. The highest BCUT2D eigenvalue weighted by atomic mass is 79.9. The van der Waals surface area contributed by atoms with E-state index in [1.807, 2.05) is 6.07 Å². The third-order valence-electron chi connectivity index (χ3n) is 3.99. The molecule has 0 aromatic heterocycles. The van der Waals surface area contributed by atoms with Crippen LogP contribution in [0.3, 0.4) is 0 Å². The third kappa shape index (κ3) is 5.73. The summed E-state index contributed by atoms with van der Waals surface area (Å²) in [5.74, 6) is -0.738. The number of rotatable bonds is 6. The van der Waals surface area contributed by atoms with E-state index in [9.17, 15) is 18.5 Å². The standard InChI is InChI=1S/C22H14BrClN2O4S/c23-17-10-11-21(30-31(28,29)18-6-2-1-3-7-18)15(13-17)12-16(14-25)22(27)26-20-9-5-4-8-19(20)24/h1-13H,(H,26,27)/b16-12+. The Morgan fingerprint density at radius 2 is 1.74 bits per heavy atom. The highest BCUT2D eigenvalue weighted by molar-refractivity contribution is 9.10. The minimum atomic E-state index is -4.11. The molecule has 0 aliphatic carbocycles. The molecule has 3 aromatic rings. The van der Waals surface area contributed by atoms with E-state index < -0.39 is 16.0 Å². The molecule has 0 aliphatic heterocycles. The lowest BCUT2D eigenvalue weighted by molar-refractivity contribution is -0.112. The van der Waals surface area contributed by atoms with Gasteiger partial charge in [-0.2, -0.15) is 13.7 Å². The number of carbonyl (C=O) groups excluding carboxylic acids is 1. The quantitative estimate of drug-likeness (QED) is 0.268. The SMILES string of the molecule is N#C/C(=C\c1cc(Br)ccc1OS(=O)(=O)c1ccccc1)C(=O)Nc1ccccc1Cl. The molecular weight excluding hydrogens is 504 g/mol. The molecule has 1 N–H and O–H groups in total. The summed E-state index contributed by atoms with van der Waals surface area (Å²) in [5.41, 5.74) is 0.299. The molecule has 0 atom stereocenters. The highest BCUT2D eigenvalue weighted by Crippen LogP contribution is 2.29. The van der Waals surface area contributed by atoms with E-state index >= 15 is 0 Å². The van der Waals surface area contributed by atoms with Gasteiger partial charge in [0.25, 0.3) is 5.91 Å². The van der Waals surface area contributed by atoms with Crippen LogP contribution < -0.4 is 9.50 Å². The molecule has 0 radical (unpaired) electrons. The summed E-state index contributed by atoms with van der Waals surface area (Å²) < 4.78 is 31.1. The molecule has 0 spiro atoms. The number of anilines is 1. The van der Waals surface area contributed by atoms with Crippen LogP contribution in [0, 0.1) is 11.3 Å². The number of nitrogens with zero attached hydrogens (tertiary/aromatic N) is 1. The molecule has 0 heterocycles. The van der Waals surface area contributed by atoms with Gasteiger partial charge in [0.15, 0.2) is 0 Å². The van der Waals surface area contributed by atoms with Gasteiger partial charge < -0.3 is 9.50 Å².